The molecule has 15 heteroatoms. The lowest BCUT2D eigenvalue weighted by Crippen LogP contribution is -2.55. The fourth-order valence-electron chi connectivity index (χ4n) is 3.83. The van der Waals surface area contributed by atoms with Crippen LogP contribution in [0.4, 0.5) is 35.5 Å². The van der Waals surface area contributed by atoms with E-state index in [2.05, 4.69) is 15.0 Å². The van der Waals surface area contributed by atoms with Gasteiger partial charge in [-0.3, -0.25) is 4.79 Å². The Morgan fingerprint density at radius 3 is 2.45 bits per heavy atom. The van der Waals surface area contributed by atoms with Gasteiger partial charge in [0, 0.05) is 31.3 Å². The standard InChI is InChI=1S/C23H23ClF7N3O4/c1-21(2,3)38-20(36)34-5-4-22(27,28)9-11(34)10-32-18(35)16-8-15(24)13-6-12(37-19(25)26)7-14(17(13)33-16)23(29,30)31/h6-8,11,19H,4-5,9-10H2,1-3H3,(H,32,35). The Balaban J connectivity index is 1.89. The molecule has 1 aromatic heterocycles. The Morgan fingerprint density at radius 1 is 1.21 bits per heavy atom. The monoisotopic (exact) mass is 573 g/mol. The van der Waals surface area contributed by atoms with E-state index in [1.54, 1.807) is 20.8 Å². The Labute approximate surface area is 217 Å². The number of aromatic nitrogens is 1. The lowest BCUT2D eigenvalue weighted by atomic mass is 9.98. The van der Waals surface area contributed by atoms with Crippen molar-refractivity contribution in [1.82, 2.24) is 15.2 Å². The van der Waals surface area contributed by atoms with Crippen molar-refractivity contribution >= 4 is 34.5 Å². The van der Waals surface area contributed by atoms with Gasteiger partial charge in [0.2, 0.25) is 0 Å². The number of likely N-dealkylation sites (tertiary alicyclic amines) is 1. The molecule has 0 spiro atoms. The molecule has 2 amide bonds. The minimum Gasteiger partial charge on any atom is -0.444 e. The summed E-state index contributed by atoms with van der Waals surface area (Å²) >= 11 is 6.05. The summed E-state index contributed by atoms with van der Waals surface area (Å²) in [5.74, 6) is -5.01. The maximum Gasteiger partial charge on any atom is 0.418 e. The number of fused-ring (bicyclic) bond motifs is 1. The Morgan fingerprint density at radius 2 is 1.87 bits per heavy atom. The number of nitrogens with one attached hydrogen (secondary N) is 1. The summed E-state index contributed by atoms with van der Waals surface area (Å²) in [7, 11) is 0. The van der Waals surface area contributed by atoms with Crippen molar-refractivity contribution in [3.63, 3.8) is 0 Å². The first-order valence-corrected chi connectivity index (χ1v) is 11.6. The van der Waals surface area contributed by atoms with E-state index in [0.717, 1.165) is 17.0 Å². The Kier molecular flexibility index (Phi) is 8.25. The first-order valence-electron chi connectivity index (χ1n) is 11.2. The van der Waals surface area contributed by atoms with Crippen LogP contribution in [0.2, 0.25) is 5.02 Å². The molecule has 0 bridgehead atoms. The van der Waals surface area contributed by atoms with E-state index in [1.807, 2.05) is 0 Å². The fourth-order valence-corrected chi connectivity index (χ4v) is 4.08. The molecular formula is C23H23ClF7N3O4. The van der Waals surface area contributed by atoms with Crippen LogP contribution in [0.15, 0.2) is 18.2 Å². The highest BCUT2D eigenvalue weighted by Crippen LogP contribution is 2.39. The molecule has 2 aromatic rings. The van der Waals surface area contributed by atoms with Crippen molar-refractivity contribution in [1.29, 1.82) is 0 Å². The van der Waals surface area contributed by atoms with Gasteiger partial charge in [0.05, 0.1) is 22.1 Å². The van der Waals surface area contributed by atoms with Crippen LogP contribution in [-0.2, 0) is 10.9 Å². The summed E-state index contributed by atoms with van der Waals surface area (Å²) in [4.78, 5) is 30.0. The zero-order chi connectivity index (χ0) is 28.6. The Hall–Kier alpha value is -3.03. The van der Waals surface area contributed by atoms with Crippen LogP contribution in [0, 0.1) is 0 Å². The number of rotatable bonds is 5. The molecule has 0 radical (unpaired) electrons. The lowest BCUT2D eigenvalue weighted by Gasteiger charge is -2.39. The molecule has 210 valence electrons. The quantitative estimate of drug-likeness (QED) is 0.426. The van der Waals surface area contributed by atoms with E-state index < -0.39 is 94.7 Å². The van der Waals surface area contributed by atoms with Crippen LogP contribution >= 0.6 is 11.6 Å². The molecule has 1 atom stereocenters. The van der Waals surface area contributed by atoms with Gasteiger partial charge in [-0.2, -0.15) is 22.0 Å². The van der Waals surface area contributed by atoms with Crippen LogP contribution < -0.4 is 10.1 Å². The average Bonchev–Trinajstić information content (AvgIpc) is 2.74. The zero-order valence-corrected chi connectivity index (χ0v) is 21.0. The largest absolute Gasteiger partial charge is 0.444 e. The summed E-state index contributed by atoms with van der Waals surface area (Å²) in [6.07, 6.45) is -7.34. The molecule has 2 heterocycles. The van der Waals surface area contributed by atoms with Gasteiger partial charge in [0.15, 0.2) is 0 Å². The number of hydrogen-bond acceptors (Lipinski definition) is 5. The van der Waals surface area contributed by atoms with Gasteiger partial charge in [-0.15, -0.1) is 0 Å². The lowest BCUT2D eigenvalue weighted by molar-refractivity contribution is -0.136. The van der Waals surface area contributed by atoms with Gasteiger partial charge >= 0.3 is 18.9 Å². The maximum absolute atomic E-state index is 14.1. The fraction of sp³-hybridized carbons (Fsp3) is 0.522. The normalized spacial score (nSPS) is 18.0. The molecule has 1 N–H and O–H groups in total. The number of pyridine rings is 1. The maximum atomic E-state index is 14.1. The second-order valence-electron chi connectivity index (χ2n) is 9.58. The molecule has 1 aromatic carbocycles. The molecule has 1 fully saturated rings. The van der Waals surface area contributed by atoms with Crippen LogP contribution in [0.3, 0.4) is 0 Å². The molecule has 1 aliphatic rings. The summed E-state index contributed by atoms with van der Waals surface area (Å²) < 4.78 is 104. The van der Waals surface area contributed by atoms with E-state index in [-0.39, 0.29) is 6.54 Å². The SMILES string of the molecule is CC(C)(C)OC(=O)N1CCC(F)(F)CC1CNC(=O)c1cc(Cl)c2cc(OC(F)F)cc(C(F)(F)F)c2n1. The number of hydrogen-bond donors (Lipinski definition) is 1. The first kappa shape index (κ1) is 29.5. The second kappa shape index (κ2) is 10.6. The molecule has 3 rings (SSSR count). The highest BCUT2D eigenvalue weighted by molar-refractivity contribution is 6.35. The van der Waals surface area contributed by atoms with Crippen LogP contribution in [-0.4, -0.2) is 59.2 Å². The summed E-state index contributed by atoms with van der Waals surface area (Å²) in [5, 5.41) is 1.46. The average molecular weight is 574 g/mol. The number of piperidine rings is 1. The molecular weight excluding hydrogens is 551 g/mol. The predicted octanol–water partition coefficient (Wildman–Crippen LogP) is 6.27. The topological polar surface area (TPSA) is 80.8 Å². The van der Waals surface area contributed by atoms with E-state index >= 15 is 0 Å². The van der Waals surface area contributed by atoms with Crippen molar-refractivity contribution in [2.75, 3.05) is 13.1 Å². The highest BCUT2D eigenvalue weighted by Gasteiger charge is 2.43. The zero-order valence-electron chi connectivity index (χ0n) is 20.3. The third-order valence-corrected chi connectivity index (χ3v) is 5.73. The summed E-state index contributed by atoms with van der Waals surface area (Å²) in [6.45, 7) is 0.532. The van der Waals surface area contributed by atoms with Gasteiger partial charge < -0.3 is 19.7 Å². The van der Waals surface area contributed by atoms with Gasteiger partial charge in [-0.05, 0) is 39.0 Å². The first-order chi connectivity index (χ1) is 17.4. The summed E-state index contributed by atoms with van der Waals surface area (Å²) in [5.41, 5.74) is -3.80. The predicted molar refractivity (Wildman–Crippen MR) is 122 cm³/mol. The molecule has 0 aliphatic carbocycles. The van der Waals surface area contributed by atoms with Crippen LogP contribution in [0.25, 0.3) is 10.9 Å². The smallest absolute Gasteiger partial charge is 0.418 e. The third-order valence-electron chi connectivity index (χ3n) is 5.42. The number of carbonyl (C=O) groups is 2. The van der Waals surface area contributed by atoms with Crippen molar-refractivity contribution < 1.29 is 49.8 Å². The molecule has 1 aliphatic heterocycles. The Bertz CT molecular complexity index is 1220. The third kappa shape index (κ3) is 7.29. The number of alkyl halides is 7. The number of nitrogens with zero attached hydrogens (tertiary/aromatic N) is 2. The van der Waals surface area contributed by atoms with Gasteiger partial charge in [-0.25, -0.2) is 18.6 Å². The molecule has 1 unspecified atom stereocenters. The van der Waals surface area contributed by atoms with Gasteiger partial charge in [0.1, 0.15) is 17.0 Å². The minimum atomic E-state index is -5.08. The van der Waals surface area contributed by atoms with Gasteiger partial charge in [-0.1, -0.05) is 11.6 Å². The van der Waals surface area contributed by atoms with Crippen molar-refractivity contribution in [3.8, 4) is 5.75 Å². The minimum absolute atomic E-state index is 0.294. The van der Waals surface area contributed by atoms with E-state index in [1.165, 1.54) is 0 Å². The van der Waals surface area contributed by atoms with E-state index in [4.69, 9.17) is 16.3 Å². The molecule has 7 nitrogen and oxygen atoms in total. The van der Waals surface area contributed by atoms with Gasteiger partial charge in [0.25, 0.3) is 11.8 Å². The number of halogens is 8. The number of amides is 2. The van der Waals surface area contributed by atoms with E-state index in [0.29, 0.717) is 6.07 Å². The van der Waals surface area contributed by atoms with Crippen LogP contribution in [0.5, 0.6) is 5.75 Å². The van der Waals surface area contributed by atoms with Crippen molar-refractivity contribution in [2.24, 2.45) is 0 Å². The number of ether oxygens (including phenoxy) is 2. The molecule has 0 saturated carbocycles. The molecule has 1 saturated heterocycles. The van der Waals surface area contributed by atoms with Crippen LogP contribution in [0.1, 0.15) is 49.7 Å². The number of carbonyl (C=O) groups excluding carboxylic acids is 2. The van der Waals surface area contributed by atoms with Crippen molar-refractivity contribution in [3.05, 3.63) is 34.5 Å². The highest BCUT2D eigenvalue weighted by atomic mass is 35.5. The molecule has 38 heavy (non-hydrogen) atoms. The van der Waals surface area contributed by atoms with Crippen molar-refractivity contribution in [2.45, 2.75) is 64.0 Å². The number of benzene rings is 1. The summed E-state index contributed by atoms with van der Waals surface area (Å²) in [6, 6.07) is 0.819. The second-order valence-corrected chi connectivity index (χ2v) is 9.99. The van der Waals surface area contributed by atoms with E-state index in [9.17, 15) is 40.3 Å².